The second-order valence-corrected chi connectivity index (χ2v) is 6.81. The van der Waals surface area contributed by atoms with Crippen LogP contribution in [0, 0.1) is 5.41 Å². The van der Waals surface area contributed by atoms with Crippen molar-refractivity contribution < 1.29 is 14.3 Å². The van der Waals surface area contributed by atoms with Gasteiger partial charge in [0.2, 0.25) is 5.91 Å². The molecule has 2 fully saturated rings. The Morgan fingerprint density at radius 1 is 1.16 bits per heavy atom. The van der Waals surface area contributed by atoms with Gasteiger partial charge < -0.3 is 19.7 Å². The summed E-state index contributed by atoms with van der Waals surface area (Å²) in [7, 11) is 3.45. The van der Waals surface area contributed by atoms with Gasteiger partial charge >= 0.3 is 0 Å². The quantitative estimate of drug-likeness (QED) is 0.701. The third-order valence-corrected chi connectivity index (χ3v) is 5.38. The first kappa shape index (κ1) is 24.9. The van der Waals surface area contributed by atoms with Crippen LogP contribution in [0.15, 0.2) is 0 Å². The van der Waals surface area contributed by atoms with Gasteiger partial charge in [-0.2, -0.15) is 0 Å². The van der Waals surface area contributed by atoms with Crippen LogP contribution in [0.5, 0.6) is 0 Å². The average Bonchev–Trinajstić information content (AvgIpc) is 2.60. The minimum Gasteiger partial charge on any atom is -0.384 e. The number of piperazine rings is 1. The second kappa shape index (κ2) is 12.3. The average molecular weight is 400 g/mol. The molecule has 2 saturated heterocycles. The number of nitrogens with zero attached hydrogens (tertiary/aromatic N) is 2. The lowest BCUT2D eigenvalue weighted by Crippen LogP contribution is -2.59. The number of amides is 1. The maximum absolute atomic E-state index is 13.2. The minimum atomic E-state index is -0.326. The highest BCUT2D eigenvalue weighted by molar-refractivity contribution is 5.85. The number of ether oxygens (including phenoxy) is 2. The van der Waals surface area contributed by atoms with Crippen LogP contribution in [-0.4, -0.2) is 88.5 Å². The van der Waals surface area contributed by atoms with Crippen LogP contribution < -0.4 is 5.32 Å². The molecule has 8 heteroatoms. The zero-order valence-corrected chi connectivity index (χ0v) is 17.4. The first-order valence-electron chi connectivity index (χ1n) is 8.89. The van der Waals surface area contributed by atoms with Crippen LogP contribution in [0.25, 0.3) is 0 Å². The molecule has 1 atom stereocenters. The molecule has 2 rings (SSSR count). The number of hydrogen-bond donors (Lipinski definition) is 1. The predicted octanol–water partition coefficient (Wildman–Crippen LogP) is 1.42. The molecule has 1 unspecified atom stereocenters. The van der Waals surface area contributed by atoms with Gasteiger partial charge in [0.15, 0.2) is 0 Å². The fourth-order valence-corrected chi connectivity index (χ4v) is 3.90. The molecule has 0 spiro atoms. The van der Waals surface area contributed by atoms with Gasteiger partial charge in [-0.1, -0.05) is 6.92 Å². The molecule has 2 heterocycles. The van der Waals surface area contributed by atoms with Gasteiger partial charge in [0.1, 0.15) is 0 Å². The number of carbonyl (C=O) groups excluding carboxylic acids is 1. The second-order valence-electron chi connectivity index (χ2n) is 6.81. The molecule has 2 aliphatic heterocycles. The number of halogens is 2. The summed E-state index contributed by atoms with van der Waals surface area (Å²) in [4.78, 5) is 17.8. The summed E-state index contributed by atoms with van der Waals surface area (Å²) in [5, 5.41) is 3.36. The molecule has 0 aliphatic carbocycles. The van der Waals surface area contributed by atoms with Crippen LogP contribution >= 0.6 is 24.8 Å². The molecule has 6 nitrogen and oxygen atoms in total. The van der Waals surface area contributed by atoms with Gasteiger partial charge in [-0.25, -0.2) is 0 Å². The van der Waals surface area contributed by atoms with E-state index < -0.39 is 0 Å². The van der Waals surface area contributed by atoms with Crippen LogP contribution in [-0.2, 0) is 14.3 Å². The number of piperidine rings is 1. The maximum Gasteiger partial charge on any atom is 0.231 e. The highest BCUT2D eigenvalue weighted by Crippen LogP contribution is 2.32. The Bertz CT molecular complexity index is 377. The summed E-state index contributed by atoms with van der Waals surface area (Å²) < 4.78 is 10.6. The Morgan fingerprint density at radius 2 is 1.84 bits per heavy atom. The van der Waals surface area contributed by atoms with Gasteiger partial charge in [0, 0.05) is 46.4 Å². The first-order chi connectivity index (χ1) is 11.2. The van der Waals surface area contributed by atoms with E-state index in [4.69, 9.17) is 9.47 Å². The number of hydrogen-bond acceptors (Lipinski definition) is 5. The molecule has 2 aliphatic rings. The van der Waals surface area contributed by atoms with E-state index in [9.17, 15) is 4.79 Å². The molecule has 150 valence electrons. The number of carbonyl (C=O) groups is 1. The molecule has 0 aromatic carbocycles. The summed E-state index contributed by atoms with van der Waals surface area (Å²) in [5.41, 5.74) is -0.326. The SMILES string of the molecule is CCC1CN(C(=O)C2(COC)CCNCC2)CCN1CCOC.Cl.Cl. The van der Waals surface area contributed by atoms with Gasteiger partial charge in [-0.15, -0.1) is 24.8 Å². The van der Waals surface area contributed by atoms with Gasteiger partial charge in [-0.05, 0) is 32.4 Å². The van der Waals surface area contributed by atoms with Crippen LogP contribution in [0.1, 0.15) is 26.2 Å². The zero-order valence-electron chi connectivity index (χ0n) is 15.8. The molecule has 0 radical (unpaired) electrons. The highest BCUT2D eigenvalue weighted by Gasteiger charge is 2.43. The predicted molar refractivity (Wildman–Crippen MR) is 105 cm³/mol. The van der Waals surface area contributed by atoms with Crippen molar-refractivity contribution in [3.63, 3.8) is 0 Å². The zero-order chi connectivity index (χ0) is 16.7. The molecule has 1 amide bonds. The van der Waals surface area contributed by atoms with Crippen molar-refractivity contribution in [3.05, 3.63) is 0 Å². The Balaban J connectivity index is 0.00000288. The van der Waals surface area contributed by atoms with E-state index in [-0.39, 0.29) is 30.2 Å². The first-order valence-corrected chi connectivity index (χ1v) is 8.89. The molecule has 0 saturated carbocycles. The molecule has 0 bridgehead atoms. The summed E-state index contributed by atoms with van der Waals surface area (Å²) >= 11 is 0. The maximum atomic E-state index is 13.2. The van der Waals surface area contributed by atoms with Crippen molar-refractivity contribution in [2.24, 2.45) is 5.41 Å². The standard InChI is InChI=1S/C17H33N3O3.2ClH/c1-4-15-13-20(10-9-19(15)11-12-22-2)16(21)17(14-23-3)5-7-18-8-6-17;;/h15,18H,4-14H2,1-3H3;2*1H. The van der Waals surface area contributed by atoms with Crippen LogP contribution in [0.3, 0.4) is 0 Å². The lowest BCUT2D eigenvalue weighted by atomic mass is 9.78. The smallest absolute Gasteiger partial charge is 0.231 e. The molecular weight excluding hydrogens is 365 g/mol. The monoisotopic (exact) mass is 399 g/mol. The number of rotatable bonds is 7. The molecule has 0 aromatic heterocycles. The van der Waals surface area contributed by atoms with Crippen molar-refractivity contribution in [2.75, 3.05) is 66.7 Å². The van der Waals surface area contributed by atoms with Crippen LogP contribution in [0.4, 0.5) is 0 Å². The van der Waals surface area contributed by atoms with Gasteiger partial charge in [0.05, 0.1) is 18.6 Å². The summed E-state index contributed by atoms with van der Waals surface area (Å²) in [6.07, 6.45) is 2.81. The van der Waals surface area contributed by atoms with E-state index in [0.29, 0.717) is 18.6 Å². The topological polar surface area (TPSA) is 54.0 Å². The van der Waals surface area contributed by atoms with Crippen molar-refractivity contribution >= 4 is 30.7 Å². The van der Waals surface area contributed by atoms with E-state index in [1.165, 1.54) is 0 Å². The van der Waals surface area contributed by atoms with Crippen molar-refractivity contribution in [3.8, 4) is 0 Å². The van der Waals surface area contributed by atoms with Crippen molar-refractivity contribution in [2.45, 2.75) is 32.2 Å². The third-order valence-electron chi connectivity index (χ3n) is 5.38. The van der Waals surface area contributed by atoms with Crippen LogP contribution in [0.2, 0.25) is 0 Å². The normalized spacial score (nSPS) is 23.5. The van der Waals surface area contributed by atoms with E-state index in [1.54, 1.807) is 14.2 Å². The van der Waals surface area contributed by atoms with Crippen molar-refractivity contribution in [1.29, 1.82) is 0 Å². The number of methoxy groups -OCH3 is 2. The Hall–Kier alpha value is -0.110. The van der Waals surface area contributed by atoms with Gasteiger partial charge in [0.25, 0.3) is 0 Å². The van der Waals surface area contributed by atoms with E-state index in [1.807, 2.05) is 0 Å². The largest absolute Gasteiger partial charge is 0.384 e. The Kier molecular flexibility index (Phi) is 12.3. The molecule has 1 N–H and O–H groups in total. The van der Waals surface area contributed by atoms with Gasteiger partial charge in [-0.3, -0.25) is 9.69 Å². The fourth-order valence-electron chi connectivity index (χ4n) is 3.90. The Labute approximate surface area is 164 Å². The molecular formula is C17H35Cl2N3O3. The summed E-state index contributed by atoms with van der Waals surface area (Å²) in [6.45, 7) is 8.83. The lowest BCUT2D eigenvalue weighted by molar-refractivity contribution is -0.150. The third kappa shape index (κ3) is 6.22. The molecule has 25 heavy (non-hydrogen) atoms. The Morgan fingerprint density at radius 3 is 2.40 bits per heavy atom. The minimum absolute atomic E-state index is 0. The highest BCUT2D eigenvalue weighted by atomic mass is 35.5. The lowest BCUT2D eigenvalue weighted by Gasteiger charge is -2.45. The number of nitrogens with one attached hydrogen (secondary N) is 1. The van der Waals surface area contributed by atoms with Crippen molar-refractivity contribution in [1.82, 2.24) is 15.1 Å². The van der Waals surface area contributed by atoms with E-state index >= 15 is 0 Å². The van der Waals surface area contributed by atoms with E-state index in [0.717, 1.165) is 65.1 Å². The van der Waals surface area contributed by atoms with E-state index in [2.05, 4.69) is 22.0 Å². The summed E-state index contributed by atoms with van der Waals surface area (Å²) in [6, 6.07) is 0.434. The molecule has 0 aromatic rings. The summed E-state index contributed by atoms with van der Waals surface area (Å²) in [5.74, 6) is 0.297. The fraction of sp³-hybridized carbons (Fsp3) is 0.941.